The first-order valence-electron chi connectivity index (χ1n) is 6.29. The summed E-state index contributed by atoms with van der Waals surface area (Å²) in [5.41, 5.74) is 0. The van der Waals surface area contributed by atoms with Gasteiger partial charge in [-0.25, -0.2) is 0 Å². The number of rotatable bonds is 5. The third kappa shape index (κ3) is 3.41. The third-order valence-electron chi connectivity index (χ3n) is 2.94. The van der Waals surface area contributed by atoms with Crippen LogP contribution in [0, 0.1) is 5.92 Å². The van der Waals surface area contributed by atoms with E-state index in [9.17, 15) is 5.11 Å². The molecule has 0 heterocycles. The van der Waals surface area contributed by atoms with Gasteiger partial charge in [-0.3, -0.25) is 0 Å². The van der Waals surface area contributed by atoms with Crippen LogP contribution in [0.1, 0.15) is 6.92 Å². The van der Waals surface area contributed by atoms with Crippen molar-refractivity contribution < 1.29 is 5.11 Å². The topological polar surface area (TPSA) is 20.2 Å². The monoisotopic (exact) mass is 258 g/mol. The number of aliphatic hydroxyl groups is 1. The highest BCUT2D eigenvalue weighted by Gasteiger charge is 2.16. The van der Waals surface area contributed by atoms with Crippen molar-refractivity contribution in [2.75, 3.05) is 12.8 Å². The maximum Gasteiger partial charge on any atom is 0.0460 e. The normalized spacial score (nSPS) is 12.6. The average Bonchev–Trinajstić information content (AvgIpc) is 2.46. The quantitative estimate of drug-likeness (QED) is 0.818. The van der Waals surface area contributed by atoms with E-state index >= 15 is 0 Å². The fourth-order valence-electron chi connectivity index (χ4n) is 1.95. The smallest absolute Gasteiger partial charge is 0.0460 e. The molecule has 1 N–H and O–H groups in total. The van der Waals surface area contributed by atoms with E-state index in [0.29, 0.717) is 5.92 Å². The molecule has 0 spiro atoms. The van der Waals surface area contributed by atoms with E-state index in [0.717, 1.165) is 6.16 Å². The van der Waals surface area contributed by atoms with Gasteiger partial charge in [0.2, 0.25) is 0 Å². The highest BCUT2D eigenvalue weighted by Crippen LogP contribution is 2.35. The minimum Gasteiger partial charge on any atom is -0.396 e. The molecule has 0 aromatic heterocycles. The molecule has 1 nitrogen and oxygen atoms in total. The summed E-state index contributed by atoms with van der Waals surface area (Å²) in [6, 6.07) is 21.3. The second-order valence-electron chi connectivity index (χ2n) is 4.57. The maximum absolute atomic E-state index is 9.29. The maximum atomic E-state index is 9.29. The molecule has 0 fully saturated rings. The molecular weight excluding hydrogens is 239 g/mol. The molecule has 0 unspecified atom stereocenters. The van der Waals surface area contributed by atoms with Crippen molar-refractivity contribution in [3.05, 3.63) is 60.7 Å². The lowest BCUT2D eigenvalue weighted by Gasteiger charge is -2.21. The predicted molar refractivity (Wildman–Crippen MR) is 80.2 cm³/mol. The minimum atomic E-state index is -0.356. The van der Waals surface area contributed by atoms with E-state index in [1.807, 2.05) is 0 Å². The molecule has 0 saturated carbocycles. The minimum absolute atomic E-state index is 0.262. The Morgan fingerprint density at radius 3 is 1.72 bits per heavy atom. The third-order valence-corrected chi connectivity index (χ3v) is 5.77. The van der Waals surface area contributed by atoms with Crippen LogP contribution in [-0.4, -0.2) is 17.9 Å². The molecule has 2 rings (SSSR count). The van der Waals surface area contributed by atoms with Gasteiger partial charge in [0.05, 0.1) is 0 Å². The Labute approximate surface area is 110 Å². The van der Waals surface area contributed by atoms with Gasteiger partial charge in [0, 0.05) is 6.61 Å². The van der Waals surface area contributed by atoms with Crippen molar-refractivity contribution in [2.24, 2.45) is 5.92 Å². The lowest BCUT2D eigenvalue weighted by molar-refractivity contribution is 0.250. The van der Waals surface area contributed by atoms with E-state index in [1.54, 1.807) is 0 Å². The van der Waals surface area contributed by atoms with Crippen LogP contribution >= 0.6 is 7.92 Å². The molecule has 2 aromatic carbocycles. The van der Waals surface area contributed by atoms with E-state index in [2.05, 4.69) is 67.6 Å². The number of hydrogen-bond acceptors (Lipinski definition) is 1. The zero-order valence-electron chi connectivity index (χ0n) is 10.7. The molecule has 94 valence electrons. The summed E-state index contributed by atoms with van der Waals surface area (Å²) in [5, 5.41) is 12.1. The van der Waals surface area contributed by atoms with Gasteiger partial charge < -0.3 is 5.11 Å². The summed E-state index contributed by atoms with van der Waals surface area (Å²) < 4.78 is 0. The van der Waals surface area contributed by atoms with Crippen molar-refractivity contribution in [3.63, 3.8) is 0 Å². The second kappa shape index (κ2) is 6.68. The lowest BCUT2D eigenvalue weighted by Crippen LogP contribution is -2.18. The first kappa shape index (κ1) is 13.3. The van der Waals surface area contributed by atoms with Crippen molar-refractivity contribution in [3.8, 4) is 0 Å². The Balaban J connectivity index is 2.29. The van der Waals surface area contributed by atoms with Crippen LogP contribution in [-0.2, 0) is 0 Å². The SMILES string of the molecule is C[C@H](CO)CP(c1ccccc1)c1ccccc1. The van der Waals surface area contributed by atoms with Gasteiger partial charge in [0.25, 0.3) is 0 Å². The Kier molecular flexibility index (Phi) is 4.92. The molecule has 0 aliphatic carbocycles. The molecule has 2 heteroatoms. The van der Waals surface area contributed by atoms with E-state index in [-0.39, 0.29) is 14.5 Å². The van der Waals surface area contributed by atoms with Crippen LogP contribution in [0.3, 0.4) is 0 Å². The summed E-state index contributed by atoms with van der Waals surface area (Å²) in [7, 11) is -0.356. The van der Waals surface area contributed by atoms with E-state index in [4.69, 9.17) is 0 Å². The Bertz CT molecular complexity index is 416. The van der Waals surface area contributed by atoms with Gasteiger partial charge in [-0.2, -0.15) is 0 Å². The largest absolute Gasteiger partial charge is 0.396 e. The summed E-state index contributed by atoms with van der Waals surface area (Å²) in [6.45, 7) is 2.37. The van der Waals surface area contributed by atoms with Crippen LogP contribution < -0.4 is 10.6 Å². The molecule has 0 aliphatic heterocycles. The fourth-order valence-corrected chi connectivity index (χ4v) is 4.47. The van der Waals surface area contributed by atoms with Gasteiger partial charge in [-0.1, -0.05) is 67.6 Å². The molecule has 18 heavy (non-hydrogen) atoms. The van der Waals surface area contributed by atoms with Crippen molar-refractivity contribution in [1.29, 1.82) is 0 Å². The number of aliphatic hydroxyl groups excluding tert-OH is 1. The molecule has 2 aromatic rings. The van der Waals surface area contributed by atoms with Crippen LogP contribution in [0.2, 0.25) is 0 Å². The lowest BCUT2D eigenvalue weighted by atomic mass is 10.2. The van der Waals surface area contributed by atoms with Gasteiger partial charge in [-0.05, 0) is 30.6 Å². The molecule has 0 bridgehead atoms. The highest BCUT2D eigenvalue weighted by molar-refractivity contribution is 7.73. The van der Waals surface area contributed by atoms with Gasteiger partial charge in [0.1, 0.15) is 0 Å². The summed E-state index contributed by atoms with van der Waals surface area (Å²) in [5.74, 6) is 0.344. The van der Waals surface area contributed by atoms with Crippen molar-refractivity contribution >= 4 is 18.5 Å². The van der Waals surface area contributed by atoms with Gasteiger partial charge >= 0.3 is 0 Å². The van der Waals surface area contributed by atoms with Crippen LogP contribution in [0.4, 0.5) is 0 Å². The zero-order chi connectivity index (χ0) is 12.8. The van der Waals surface area contributed by atoms with Gasteiger partial charge in [-0.15, -0.1) is 0 Å². The molecule has 1 atom stereocenters. The summed E-state index contributed by atoms with van der Waals surface area (Å²) in [4.78, 5) is 0. The Morgan fingerprint density at radius 2 is 1.33 bits per heavy atom. The molecular formula is C16H19OP. The average molecular weight is 258 g/mol. The fraction of sp³-hybridized carbons (Fsp3) is 0.250. The number of benzene rings is 2. The van der Waals surface area contributed by atoms with E-state index in [1.165, 1.54) is 10.6 Å². The summed E-state index contributed by atoms with van der Waals surface area (Å²) in [6.07, 6.45) is 1.04. The predicted octanol–water partition coefficient (Wildman–Crippen LogP) is 2.75. The van der Waals surface area contributed by atoms with Crippen molar-refractivity contribution in [1.82, 2.24) is 0 Å². The van der Waals surface area contributed by atoms with Gasteiger partial charge in [0.15, 0.2) is 0 Å². The first-order valence-corrected chi connectivity index (χ1v) is 7.82. The number of hydrogen-bond donors (Lipinski definition) is 1. The second-order valence-corrected chi connectivity index (χ2v) is 6.82. The Hall–Kier alpha value is -1.17. The highest BCUT2D eigenvalue weighted by atomic mass is 31.1. The Morgan fingerprint density at radius 1 is 0.889 bits per heavy atom. The molecule has 0 radical (unpaired) electrons. The molecule has 0 aliphatic rings. The molecule has 0 saturated heterocycles. The summed E-state index contributed by atoms with van der Waals surface area (Å²) >= 11 is 0. The van der Waals surface area contributed by atoms with Crippen LogP contribution in [0.15, 0.2) is 60.7 Å². The zero-order valence-corrected chi connectivity index (χ0v) is 11.6. The van der Waals surface area contributed by atoms with Crippen molar-refractivity contribution in [2.45, 2.75) is 6.92 Å². The molecule has 0 amide bonds. The van der Waals surface area contributed by atoms with Crippen LogP contribution in [0.5, 0.6) is 0 Å². The van der Waals surface area contributed by atoms with E-state index < -0.39 is 0 Å². The standard InChI is InChI=1S/C16H19OP/c1-14(12-17)13-18(15-8-4-2-5-9-15)16-10-6-3-7-11-16/h2-11,14,17H,12-13H2,1H3/t14-/m1/s1. The van der Waals surface area contributed by atoms with Crippen LogP contribution in [0.25, 0.3) is 0 Å². The first-order chi connectivity index (χ1) is 8.81.